The largest absolute Gasteiger partial charge is 0.416 e. The molecule has 0 heterocycles. The first-order valence-corrected chi connectivity index (χ1v) is 5.36. The Hall–Kier alpha value is -1.29. The predicted octanol–water partition coefficient (Wildman–Crippen LogP) is 4.10. The summed E-state index contributed by atoms with van der Waals surface area (Å²) in [6.45, 7) is 5.67. The van der Waals surface area contributed by atoms with Gasteiger partial charge in [0.05, 0.1) is 11.7 Å². The quantitative estimate of drug-likeness (QED) is 0.791. The Morgan fingerprint density at radius 1 is 1.29 bits per heavy atom. The van der Waals surface area contributed by atoms with E-state index in [0.717, 1.165) is 24.1 Å². The molecule has 0 aromatic heterocycles. The van der Waals surface area contributed by atoms with Gasteiger partial charge in [-0.05, 0) is 30.5 Å². The summed E-state index contributed by atoms with van der Waals surface area (Å²) >= 11 is 0. The Labute approximate surface area is 98.6 Å². The molecule has 1 aromatic rings. The number of aliphatic hydroxyl groups excluding tert-OH is 1. The number of halogens is 3. The minimum atomic E-state index is -4.34. The van der Waals surface area contributed by atoms with Crippen LogP contribution in [0.3, 0.4) is 0 Å². The number of hydrogen-bond donors (Lipinski definition) is 1. The van der Waals surface area contributed by atoms with Crippen LogP contribution < -0.4 is 0 Å². The standard InChI is InChI=1S/C13H15F3O/c1-3-9(2)8-12(17)10-4-6-11(7-5-10)13(14,15)16/h4-7,12,17H,2-3,8H2,1H3. The fourth-order valence-electron chi connectivity index (χ4n) is 1.43. The highest BCUT2D eigenvalue weighted by Crippen LogP contribution is 2.30. The van der Waals surface area contributed by atoms with Crippen molar-refractivity contribution in [1.29, 1.82) is 0 Å². The van der Waals surface area contributed by atoms with Crippen molar-refractivity contribution in [3.05, 3.63) is 47.5 Å². The molecule has 0 saturated heterocycles. The van der Waals surface area contributed by atoms with E-state index < -0.39 is 17.8 Å². The molecule has 0 amide bonds. The normalized spacial score (nSPS) is 13.5. The monoisotopic (exact) mass is 244 g/mol. The molecular formula is C13H15F3O. The van der Waals surface area contributed by atoms with Crippen molar-refractivity contribution in [3.63, 3.8) is 0 Å². The Kier molecular flexibility index (Phi) is 4.34. The minimum Gasteiger partial charge on any atom is -0.388 e. The van der Waals surface area contributed by atoms with Crippen molar-refractivity contribution in [2.24, 2.45) is 0 Å². The molecule has 1 N–H and O–H groups in total. The van der Waals surface area contributed by atoms with Crippen LogP contribution >= 0.6 is 0 Å². The molecule has 0 aliphatic rings. The van der Waals surface area contributed by atoms with Gasteiger partial charge in [0, 0.05) is 0 Å². The van der Waals surface area contributed by atoms with E-state index in [0.29, 0.717) is 12.0 Å². The molecule has 0 fully saturated rings. The van der Waals surface area contributed by atoms with Gasteiger partial charge in [0.25, 0.3) is 0 Å². The summed E-state index contributed by atoms with van der Waals surface area (Å²) in [5.41, 5.74) is 0.646. The average molecular weight is 244 g/mol. The van der Waals surface area contributed by atoms with Crippen LogP contribution in [0, 0.1) is 0 Å². The molecule has 1 nitrogen and oxygen atoms in total. The molecule has 1 aromatic carbocycles. The number of rotatable bonds is 4. The number of benzene rings is 1. The Bertz CT molecular complexity index is 379. The maximum Gasteiger partial charge on any atom is 0.416 e. The highest BCUT2D eigenvalue weighted by atomic mass is 19.4. The molecule has 0 bridgehead atoms. The Balaban J connectivity index is 2.77. The van der Waals surface area contributed by atoms with Crippen molar-refractivity contribution in [1.82, 2.24) is 0 Å². The zero-order chi connectivity index (χ0) is 13.1. The molecule has 1 unspecified atom stereocenters. The molecule has 94 valence electrons. The third-order valence-corrected chi connectivity index (χ3v) is 2.60. The lowest BCUT2D eigenvalue weighted by molar-refractivity contribution is -0.137. The summed E-state index contributed by atoms with van der Waals surface area (Å²) in [5.74, 6) is 0. The van der Waals surface area contributed by atoms with E-state index in [1.54, 1.807) is 0 Å². The summed E-state index contributed by atoms with van der Waals surface area (Å²) in [6, 6.07) is 4.56. The van der Waals surface area contributed by atoms with Crippen molar-refractivity contribution in [3.8, 4) is 0 Å². The van der Waals surface area contributed by atoms with Gasteiger partial charge in [-0.1, -0.05) is 31.2 Å². The first-order chi connectivity index (χ1) is 7.84. The van der Waals surface area contributed by atoms with Gasteiger partial charge in [0.1, 0.15) is 0 Å². The van der Waals surface area contributed by atoms with Crippen molar-refractivity contribution < 1.29 is 18.3 Å². The molecule has 0 radical (unpaired) electrons. The van der Waals surface area contributed by atoms with Crippen LogP contribution in [-0.4, -0.2) is 5.11 Å². The second-order valence-corrected chi connectivity index (χ2v) is 3.94. The molecule has 4 heteroatoms. The van der Waals surface area contributed by atoms with Crippen LogP contribution in [0.2, 0.25) is 0 Å². The smallest absolute Gasteiger partial charge is 0.388 e. The zero-order valence-electron chi connectivity index (χ0n) is 9.59. The number of alkyl halides is 3. The fourth-order valence-corrected chi connectivity index (χ4v) is 1.43. The van der Waals surface area contributed by atoms with Crippen LogP contribution in [0.15, 0.2) is 36.4 Å². The van der Waals surface area contributed by atoms with Crippen molar-refractivity contribution in [2.75, 3.05) is 0 Å². The average Bonchev–Trinajstić information content (AvgIpc) is 2.27. The van der Waals surface area contributed by atoms with Gasteiger partial charge in [-0.15, -0.1) is 0 Å². The molecule has 1 atom stereocenters. The summed E-state index contributed by atoms with van der Waals surface area (Å²) < 4.78 is 36.9. The number of aliphatic hydroxyl groups is 1. The highest BCUT2D eigenvalue weighted by molar-refractivity contribution is 5.26. The van der Waals surface area contributed by atoms with Gasteiger partial charge in [-0.3, -0.25) is 0 Å². The van der Waals surface area contributed by atoms with Crippen LogP contribution in [0.1, 0.15) is 37.0 Å². The predicted molar refractivity (Wildman–Crippen MR) is 60.5 cm³/mol. The third kappa shape index (κ3) is 3.89. The molecule has 1 rings (SSSR count). The van der Waals surface area contributed by atoms with Crippen LogP contribution in [0.4, 0.5) is 13.2 Å². The first-order valence-electron chi connectivity index (χ1n) is 5.36. The Morgan fingerprint density at radius 2 is 1.82 bits per heavy atom. The van der Waals surface area contributed by atoms with Crippen molar-refractivity contribution in [2.45, 2.75) is 32.0 Å². The van der Waals surface area contributed by atoms with Crippen molar-refractivity contribution >= 4 is 0 Å². The summed E-state index contributed by atoms with van der Waals surface area (Å²) in [5, 5.41) is 9.77. The van der Waals surface area contributed by atoms with E-state index in [4.69, 9.17) is 0 Å². The van der Waals surface area contributed by atoms with E-state index in [2.05, 4.69) is 6.58 Å². The van der Waals surface area contributed by atoms with Crippen LogP contribution in [0.25, 0.3) is 0 Å². The van der Waals surface area contributed by atoms with E-state index >= 15 is 0 Å². The topological polar surface area (TPSA) is 20.2 Å². The lowest BCUT2D eigenvalue weighted by Gasteiger charge is -2.13. The number of hydrogen-bond acceptors (Lipinski definition) is 1. The van der Waals surface area contributed by atoms with Gasteiger partial charge in [-0.25, -0.2) is 0 Å². The van der Waals surface area contributed by atoms with E-state index in [9.17, 15) is 18.3 Å². The Morgan fingerprint density at radius 3 is 2.24 bits per heavy atom. The van der Waals surface area contributed by atoms with Crippen LogP contribution in [0.5, 0.6) is 0 Å². The zero-order valence-corrected chi connectivity index (χ0v) is 9.59. The summed E-state index contributed by atoms with van der Waals surface area (Å²) in [4.78, 5) is 0. The minimum absolute atomic E-state index is 0.377. The maximum absolute atomic E-state index is 12.3. The lowest BCUT2D eigenvalue weighted by atomic mass is 10.00. The first kappa shape index (κ1) is 13.8. The maximum atomic E-state index is 12.3. The third-order valence-electron chi connectivity index (χ3n) is 2.60. The summed E-state index contributed by atoms with van der Waals surface area (Å²) in [7, 11) is 0. The molecule has 0 spiro atoms. The van der Waals surface area contributed by atoms with Crippen LogP contribution in [-0.2, 0) is 6.18 Å². The lowest BCUT2D eigenvalue weighted by Crippen LogP contribution is -2.05. The second kappa shape index (κ2) is 5.36. The SMILES string of the molecule is C=C(CC)CC(O)c1ccc(C(F)(F)F)cc1. The van der Waals surface area contributed by atoms with Gasteiger partial charge in [0.15, 0.2) is 0 Å². The molecule has 0 aliphatic carbocycles. The van der Waals surface area contributed by atoms with Gasteiger partial charge >= 0.3 is 6.18 Å². The highest BCUT2D eigenvalue weighted by Gasteiger charge is 2.30. The van der Waals surface area contributed by atoms with E-state index in [1.807, 2.05) is 6.92 Å². The van der Waals surface area contributed by atoms with E-state index in [1.165, 1.54) is 12.1 Å². The summed E-state index contributed by atoms with van der Waals surface area (Å²) in [6.07, 6.45) is -4.00. The molecule has 0 saturated carbocycles. The van der Waals surface area contributed by atoms with E-state index in [-0.39, 0.29) is 0 Å². The molecule has 0 aliphatic heterocycles. The van der Waals surface area contributed by atoms with Gasteiger partial charge in [0.2, 0.25) is 0 Å². The molecule has 17 heavy (non-hydrogen) atoms. The fraction of sp³-hybridized carbons (Fsp3) is 0.385. The van der Waals surface area contributed by atoms with Gasteiger partial charge in [-0.2, -0.15) is 13.2 Å². The second-order valence-electron chi connectivity index (χ2n) is 3.94. The molecular weight excluding hydrogens is 229 g/mol. The van der Waals surface area contributed by atoms with Gasteiger partial charge < -0.3 is 5.11 Å².